The quantitative estimate of drug-likeness (QED) is 0.506. The number of aryl methyl sites for hydroxylation is 1. The minimum Gasteiger partial charge on any atom is -0.361 e. The Morgan fingerprint density at radius 1 is 1.14 bits per heavy atom. The van der Waals surface area contributed by atoms with Gasteiger partial charge in [0, 0.05) is 30.3 Å². The first-order valence-corrected chi connectivity index (χ1v) is 9.63. The zero-order valence-corrected chi connectivity index (χ0v) is 16.3. The zero-order valence-electron chi connectivity index (χ0n) is 16.3. The van der Waals surface area contributed by atoms with E-state index in [1.54, 1.807) is 11.9 Å². The van der Waals surface area contributed by atoms with E-state index in [1.807, 2.05) is 49.4 Å². The number of aromatic nitrogens is 3. The largest absolute Gasteiger partial charge is 0.361 e. The highest BCUT2D eigenvalue weighted by Gasteiger charge is 2.30. The van der Waals surface area contributed by atoms with Gasteiger partial charge in [0.25, 0.3) is 11.6 Å². The number of amides is 1. The molecule has 7 nitrogen and oxygen atoms in total. The van der Waals surface area contributed by atoms with Gasteiger partial charge >= 0.3 is 0 Å². The molecule has 1 saturated carbocycles. The molecule has 1 aromatic carbocycles. The highest BCUT2D eigenvalue weighted by Crippen LogP contribution is 2.41. The molecule has 1 amide bonds. The smallest absolute Gasteiger partial charge is 0.259 e. The molecule has 0 N–H and O–H groups in total. The summed E-state index contributed by atoms with van der Waals surface area (Å²) in [7, 11) is 1.76. The highest BCUT2D eigenvalue weighted by molar-refractivity contribution is 6.09. The predicted octanol–water partition coefficient (Wildman–Crippen LogP) is 4.34. The molecular weight excluding hydrogens is 368 g/mol. The molecule has 0 bridgehead atoms. The maximum Gasteiger partial charge on any atom is 0.259 e. The van der Waals surface area contributed by atoms with Gasteiger partial charge < -0.3 is 13.9 Å². The third-order valence-corrected chi connectivity index (χ3v) is 5.16. The second-order valence-corrected chi connectivity index (χ2v) is 7.54. The van der Waals surface area contributed by atoms with Crippen molar-refractivity contribution >= 4 is 17.0 Å². The van der Waals surface area contributed by atoms with E-state index in [-0.39, 0.29) is 5.91 Å². The summed E-state index contributed by atoms with van der Waals surface area (Å²) in [6, 6.07) is 13.4. The Morgan fingerprint density at radius 2 is 1.93 bits per heavy atom. The molecule has 5 rings (SSSR count). The molecule has 3 heterocycles. The molecule has 0 unspecified atom stereocenters. The van der Waals surface area contributed by atoms with Crippen LogP contribution in [0.2, 0.25) is 0 Å². The lowest BCUT2D eigenvalue weighted by atomic mass is 10.0. The molecular formula is C22H20N4O3. The molecule has 0 saturated heterocycles. The fourth-order valence-corrected chi connectivity index (χ4v) is 3.53. The fraction of sp³-hybridized carbons (Fsp3) is 0.273. The van der Waals surface area contributed by atoms with Gasteiger partial charge in [0.2, 0.25) is 0 Å². The molecule has 0 spiro atoms. The number of benzene rings is 1. The van der Waals surface area contributed by atoms with Crippen LogP contribution in [0.1, 0.15) is 46.3 Å². The lowest BCUT2D eigenvalue weighted by Crippen LogP contribution is -2.26. The van der Waals surface area contributed by atoms with E-state index in [0.717, 1.165) is 24.1 Å². The van der Waals surface area contributed by atoms with Crippen LogP contribution in [0.5, 0.6) is 0 Å². The van der Waals surface area contributed by atoms with Crippen LogP contribution < -0.4 is 0 Å². The van der Waals surface area contributed by atoms with Gasteiger partial charge in [-0.1, -0.05) is 40.6 Å². The van der Waals surface area contributed by atoms with E-state index in [2.05, 4.69) is 15.3 Å². The Hall–Kier alpha value is -3.48. The van der Waals surface area contributed by atoms with Crippen LogP contribution in [0.25, 0.3) is 22.4 Å². The summed E-state index contributed by atoms with van der Waals surface area (Å²) in [5.41, 5.74) is 4.07. The minimum absolute atomic E-state index is 0.125. The number of rotatable bonds is 5. The molecule has 1 aliphatic rings. The summed E-state index contributed by atoms with van der Waals surface area (Å²) in [4.78, 5) is 19.7. The number of pyridine rings is 1. The summed E-state index contributed by atoms with van der Waals surface area (Å²) < 4.78 is 10.7. The number of hydrogen-bond donors (Lipinski definition) is 0. The van der Waals surface area contributed by atoms with Gasteiger partial charge in [-0.25, -0.2) is 4.98 Å². The molecule has 4 aromatic rings. The lowest BCUT2D eigenvalue weighted by Gasteiger charge is -2.16. The van der Waals surface area contributed by atoms with Gasteiger partial charge in [-0.3, -0.25) is 4.79 Å². The van der Waals surface area contributed by atoms with Gasteiger partial charge in [0.15, 0.2) is 0 Å². The lowest BCUT2D eigenvalue weighted by molar-refractivity contribution is 0.0784. The predicted molar refractivity (Wildman–Crippen MR) is 106 cm³/mol. The molecule has 7 heteroatoms. The maximum atomic E-state index is 13.4. The zero-order chi connectivity index (χ0) is 20.0. The van der Waals surface area contributed by atoms with Crippen LogP contribution in [0.4, 0.5) is 0 Å². The van der Waals surface area contributed by atoms with E-state index in [0.29, 0.717) is 46.3 Å². The third-order valence-electron chi connectivity index (χ3n) is 5.16. The summed E-state index contributed by atoms with van der Waals surface area (Å²) in [5, 5.41) is 8.88. The number of hydrogen-bond acceptors (Lipinski definition) is 6. The fourth-order valence-electron chi connectivity index (χ4n) is 3.53. The second kappa shape index (κ2) is 6.84. The summed E-state index contributed by atoms with van der Waals surface area (Å²) in [6.45, 7) is 2.18. The van der Waals surface area contributed by atoms with Crippen molar-refractivity contribution in [1.29, 1.82) is 0 Å². The SMILES string of the molecule is Cc1cc(CN(C)C(=O)c2cc(C3CC3)nc3onc(-c4ccccc4)c23)no1. The number of carbonyl (C=O) groups excluding carboxylic acids is 1. The first-order chi connectivity index (χ1) is 14.1. The Bertz CT molecular complexity index is 1190. The number of carbonyl (C=O) groups is 1. The van der Waals surface area contributed by atoms with Gasteiger partial charge in [-0.2, -0.15) is 0 Å². The van der Waals surface area contributed by atoms with Crippen LogP contribution in [-0.2, 0) is 6.54 Å². The van der Waals surface area contributed by atoms with Crippen molar-refractivity contribution in [2.45, 2.75) is 32.2 Å². The van der Waals surface area contributed by atoms with Crippen molar-refractivity contribution < 1.29 is 13.8 Å². The first-order valence-electron chi connectivity index (χ1n) is 9.63. The van der Waals surface area contributed by atoms with E-state index in [1.165, 1.54) is 0 Å². The molecule has 1 aliphatic carbocycles. The van der Waals surface area contributed by atoms with Crippen molar-refractivity contribution in [3.63, 3.8) is 0 Å². The average Bonchev–Trinajstić information content (AvgIpc) is 3.38. The van der Waals surface area contributed by atoms with Gasteiger partial charge in [0.1, 0.15) is 17.1 Å². The minimum atomic E-state index is -0.125. The van der Waals surface area contributed by atoms with E-state index >= 15 is 0 Å². The molecule has 146 valence electrons. The third kappa shape index (κ3) is 3.29. The average molecular weight is 388 g/mol. The Morgan fingerprint density at radius 3 is 2.62 bits per heavy atom. The van der Waals surface area contributed by atoms with Crippen LogP contribution >= 0.6 is 0 Å². The molecule has 29 heavy (non-hydrogen) atoms. The van der Waals surface area contributed by atoms with Crippen molar-refractivity contribution in [3.8, 4) is 11.3 Å². The maximum absolute atomic E-state index is 13.4. The van der Waals surface area contributed by atoms with Gasteiger partial charge in [-0.05, 0) is 25.8 Å². The van der Waals surface area contributed by atoms with Gasteiger partial charge in [0.05, 0.1) is 17.5 Å². The van der Waals surface area contributed by atoms with E-state index in [9.17, 15) is 4.79 Å². The highest BCUT2D eigenvalue weighted by atomic mass is 16.5. The first kappa shape index (κ1) is 17.6. The summed E-state index contributed by atoms with van der Waals surface area (Å²) in [6.07, 6.45) is 2.17. The standard InChI is InChI=1S/C22H20N4O3/c1-13-10-16(24-28-13)12-26(2)22(27)17-11-18(14-8-9-14)23-21-19(17)20(25-29-21)15-6-4-3-5-7-15/h3-7,10-11,14H,8-9,12H2,1-2H3. The topological polar surface area (TPSA) is 85.3 Å². The molecule has 3 aromatic heterocycles. The van der Waals surface area contributed by atoms with E-state index < -0.39 is 0 Å². The molecule has 0 aliphatic heterocycles. The second-order valence-electron chi connectivity index (χ2n) is 7.54. The Kier molecular flexibility index (Phi) is 4.16. The van der Waals surface area contributed by atoms with Crippen molar-refractivity contribution in [3.05, 3.63) is 65.2 Å². The van der Waals surface area contributed by atoms with Crippen LogP contribution in [0, 0.1) is 6.92 Å². The van der Waals surface area contributed by atoms with Crippen LogP contribution in [-0.4, -0.2) is 33.2 Å². The molecule has 0 atom stereocenters. The van der Waals surface area contributed by atoms with Crippen molar-refractivity contribution in [2.75, 3.05) is 7.05 Å². The number of nitrogens with zero attached hydrogens (tertiary/aromatic N) is 4. The summed E-state index contributed by atoms with van der Waals surface area (Å²) >= 11 is 0. The summed E-state index contributed by atoms with van der Waals surface area (Å²) in [5.74, 6) is 0.980. The molecule has 0 radical (unpaired) electrons. The molecule has 1 fully saturated rings. The van der Waals surface area contributed by atoms with Crippen molar-refractivity contribution in [2.24, 2.45) is 0 Å². The number of fused-ring (bicyclic) bond motifs is 1. The Labute approximate surface area is 167 Å². The van der Waals surface area contributed by atoms with Crippen LogP contribution in [0.3, 0.4) is 0 Å². The normalized spacial score (nSPS) is 13.7. The van der Waals surface area contributed by atoms with Crippen LogP contribution in [0.15, 0.2) is 51.5 Å². The van der Waals surface area contributed by atoms with Crippen molar-refractivity contribution in [1.82, 2.24) is 20.2 Å². The van der Waals surface area contributed by atoms with Gasteiger partial charge in [-0.15, -0.1) is 0 Å². The Balaban J connectivity index is 1.60. The van der Waals surface area contributed by atoms with E-state index in [4.69, 9.17) is 9.05 Å². The monoisotopic (exact) mass is 388 g/mol.